The van der Waals surface area contributed by atoms with Gasteiger partial charge in [-0.2, -0.15) is 0 Å². The van der Waals surface area contributed by atoms with Crippen LogP contribution in [0.5, 0.6) is 0 Å². The zero-order chi connectivity index (χ0) is 14.9. The van der Waals surface area contributed by atoms with Crippen molar-refractivity contribution in [3.63, 3.8) is 0 Å². The fraction of sp³-hybridized carbons (Fsp3) is 0.526. The van der Waals surface area contributed by atoms with Crippen LogP contribution in [0, 0.1) is 11.8 Å². The van der Waals surface area contributed by atoms with Crippen molar-refractivity contribution in [1.82, 2.24) is 4.98 Å². The monoisotopic (exact) mass is 283 g/mol. The van der Waals surface area contributed by atoms with E-state index in [2.05, 4.69) is 37.0 Å². The third kappa shape index (κ3) is 2.96. The molecule has 0 saturated heterocycles. The minimum atomic E-state index is -0.659. The van der Waals surface area contributed by atoms with Crippen molar-refractivity contribution in [2.24, 2.45) is 11.8 Å². The zero-order valence-corrected chi connectivity index (χ0v) is 13.0. The van der Waals surface area contributed by atoms with Crippen molar-refractivity contribution in [2.75, 3.05) is 0 Å². The summed E-state index contributed by atoms with van der Waals surface area (Å²) in [5.41, 5.74) is 1.40. The quantitative estimate of drug-likeness (QED) is 0.813. The van der Waals surface area contributed by atoms with Gasteiger partial charge in [0, 0.05) is 11.6 Å². The van der Waals surface area contributed by atoms with Gasteiger partial charge in [-0.25, -0.2) is 0 Å². The van der Waals surface area contributed by atoms with Gasteiger partial charge in [-0.3, -0.25) is 4.98 Å². The highest BCUT2D eigenvalue weighted by Gasteiger charge is 2.33. The lowest BCUT2D eigenvalue weighted by molar-refractivity contribution is 0.0192. The molecule has 2 aromatic rings. The van der Waals surface area contributed by atoms with Crippen LogP contribution in [-0.2, 0) is 5.60 Å². The van der Waals surface area contributed by atoms with Gasteiger partial charge in [0.05, 0.1) is 11.1 Å². The summed E-state index contributed by atoms with van der Waals surface area (Å²) >= 11 is 0. The van der Waals surface area contributed by atoms with E-state index in [1.165, 1.54) is 6.42 Å². The van der Waals surface area contributed by atoms with Gasteiger partial charge in [-0.05, 0) is 61.3 Å². The van der Waals surface area contributed by atoms with Crippen LogP contribution >= 0.6 is 0 Å². The first-order valence-corrected chi connectivity index (χ1v) is 8.16. The Morgan fingerprint density at radius 3 is 2.86 bits per heavy atom. The van der Waals surface area contributed by atoms with E-state index in [1.54, 1.807) is 0 Å². The first-order chi connectivity index (χ1) is 10.1. The Morgan fingerprint density at radius 2 is 2.05 bits per heavy atom. The Bertz CT molecular complexity index is 622. The maximum absolute atomic E-state index is 11.2. The predicted molar refractivity (Wildman–Crippen MR) is 87.1 cm³/mol. The number of rotatable bonds is 2. The highest BCUT2D eigenvalue weighted by atomic mass is 16.3. The molecule has 2 heteroatoms. The molecule has 1 heterocycles. The van der Waals surface area contributed by atoms with Crippen LogP contribution in [-0.4, -0.2) is 10.1 Å². The van der Waals surface area contributed by atoms with E-state index < -0.39 is 5.60 Å². The minimum Gasteiger partial charge on any atom is -0.385 e. The van der Waals surface area contributed by atoms with E-state index in [0.29, 0.717) is 5.92 Å². The lowest BCUT2D eigenvalue weighted by Gasteiger charge is -2.28. The molecule has 1 aliphatic rings. The lowest BCUT2D eigenvalue weighted by atomic mass is 9.84. The van der Waals surface area contributed by atoms with Crippen LogP contribution in [0.2, 0.25) is 0 Å². The van der Waals surface area contributed by atoms with Crippen molar-refractivity contribution in [1.29, 1.82) is 0 Å². The first-order valence-electron chi connectivity index (χ1n) is 8.16. The average molecular weight is 283 g/mol. The summed E-state index contributed by atoms with van der Waals surface area (Å²) in [4.78, 5) is 4.36. The summed E-state index contributed by atoms with van der Waals surface area (Å²) in [6, 6.07) is 10.2. The Kier molecular flexibility index (Phi) is 3.99. The molecule has 1 N–H and O–H groups in total. The number of aromatic nitrogens is 1. The van der Waals surface area contributed by atoms with Crippen molar-refractivity contribution >= 4 is 10.9 Å². The van der Waals surface area contributed by atoms with Gasteiger partial charge in [0.1, 0.15) is 0 Å². The van der Waals surface area contributed by atoms with Crippen LogP contribution in [0.1, 0.15) is 51.5 Å². The SMILES string of the molecule is CC(C)C1CCCC(O)(c2ccc3ncccc3c2)CC1. The third-order valence-electron chi connectivity index (χ3n) is 5.18. The second kappa shape index (κ2) is 5.76. The van der Waals surface area contributed by atoms with Crippen LogP contribution in [0.25, 0.3) is 10.9 Å². The van der Waals surface area contributed by atoms with Crippen LogP contribution in [0.3, 0.4) is 0 Å². The molecule has 0 bridgehead atoms. The predicted octanol–water partition coefficient (Wildman–Crippen LogP) is 4.66. The van der Waals surface area contributed by atoms with Crippen molar-refractivity contribution in [3.8, 4) is 0 Å². The molecule has 1 saturated carbocycles. The molecule has 112 valence electrons. The molecular weight excluding hydrogens is 258 g/mol. The molecule has 0 aliphatic heterocycles. The highest BCUT2D eigenvalue weighted by molar-refractivity contribution is 5.79. The van der Waals surface area contributed by atoms with Crippen molar-refractivity contribution < 1.29 is 5.11 Å². The maximum atomic E-state index is 11.2. The highest BCUT2D eigenvalue weighted by Crippen LogP contribution is 2.40. The Balaban J connectivity index is 1.89. The molecule has 0 amide bonds. The van der Waals surface area contributed by atoms with Gasteiger partial charge >= 0.3 is 0 Å². The summed E-state index contributed by atoms with van der Waals surface area (Å²) in [5.74, 6) is 1.47. The van der Waals surface area contributed by atoms with Gasteiger partial charge in [-0.15, -0.1) is 0 Å². The van der Waals surface area contributed by atoms with Gasteiger partial charge in [0.2, 0.25) is 0 Å². The molecule has 1 aliphatic carbocycles. The molecule has 2 atom stereocenters. The largest absolute Gasteiger partial charge is 0.385 e. The molecule has 0 spiro atoms. The Hall–Kier alpha value is -1.41. The second-order valence-electron chi connectivity index (χ2n) is 6.88. The van der Waals surface area contributed by atoms with E-state index in [-0.39, 0.29) is 0 Å². The number of benzene rings is 1. The Labute approximate surface area is 127 Å². The third-order valence-corrected chi connectivity index (χ3v) is 5.18. The number of hydrogen-bond donors (Lipinski definition) is 1. The molecule has 3 rings (SSSR count). The number of fused-ring (bicyclic) bond motifs is 1. The van der Waals surface area contributed by atoms with Gasteiger partial charge in [-0.1, -0.05) is 32.4 Å². The normalized spacial score (nSPS) is 27.0. The van der Waals surface area contributed by atoms with Crippen LogP contribution < -0.4 is 0 Å². The fourth-order valence-electron chi connectivity index (χ4n) is 3.67. The van der Waals surface area contributed by atoms with Crippen molar-refractivity contribution in [3.05, 3.63) is 42.1 Å². The molecule has 0 radical (unpaired) electrons. The van der Waals surface area contributed by atoms with Gasteiger partial charge in [0.25, 0.3) is 0 Å². The summed E-state index contributed by atoms with van der Waals surface area (Å²) in [7, 11) is 0. The molecule has 1 fully saturated rings. The van der Waals surface area contributed by atoms with Gasteiger partial charge in [0.15, 0.2) is 0 Å². The number of hydrogen-bond acceptors (Lipinski definition) is 2. The molecule has 21 heavy (non-hydrogen) atoms. The summed E-state index contributed by atoms with van der Waals surface area (Å²) in [6.45, 7) is 4.60. The van der Waals surface area contributed by atoms with Crippen LogP contribution in [0.15, 0.2) is 36.5 Å². The fourth-order valence-corrected chi connectivity index (χ4v) is 3.67. The van der Waals surface area contributed by atoms with E-state index in [0.717, 1.165) is 48.1 Å². The second-order valence-corrected chi connectivity index (χ2v) is 6.88. The van der Waals surface area contributed by atoms with Gasteiger partial charge < -0.3 is 5.11 Å². The molecule has 2 nitrogen and oxygen atoms in total. The lowest BCUT2D eigenvalue weighted by Crippen LogP contribution is -2.25. The average Bonchev–Trinajstić information content (AvgIpc) is 2.70. The number of aliphatic hydroxyl groups is 1. The molecule has 1 aromatic heterocycles. The zero-order valence-electron chi connectivity index (χ0n) is 13.0. The van der Waals surface area contributed by atoms with E-state index in [4.69, 9.17) is 0 Å². The summed E-state index contributed by atoms with van der Waals surface area (Å²) in [5, 5.41) is 12.3. The number of pyridine rings is 1. The molecular formula is C19H25NO. The first kappa shape index (κ1) is 14.5. The maximum Gasteiger partial charge on any atom is 0.0896 e. The molecule has 1 aromatic carbocycles. The van der Waals surface area contributed by atoms with E-state index >= 15 is 0 Å². The van der Waals surface area contributed by atoms with E-state index in [1.807, 2.05) is 18.3 Å². The summed E-state index contributed by atoms with van der Waals surface area (Å²) in [6.07, 6.45) is 7.05. The van der Waals surface area contributed by atoms with E-state index in [9.17, 15) is 5.11 Å². The minimum absolute atomic E-state index is 0.659. The summed E-state index contributed by atoms with van der Waals surface area (Å²) < 4.78 is 0. The van der Waals surface area contributed by atoms with Crippen LogP contribution in [0.4, 0.5) is 0 Å². The number of nitrogens with zero attached hydrogens (tertiary/aromatic N) is 1. The standard InChI is InChI=1S/C19H25NO/c1-14(2)15-5-3-10-19(21,11-9-15)17-7-8-18-16(13-17)6-4-12-20-18/h4,6-8,12-15,21H,3,5,9-11H2,1-2H3. The van der Waals surface area contributed by atoms with Crippen molar-refractivity contribution in [2.45, 2.75) is 51.6 Å². The topological polar surface area (TPSA) is 33.1 Å². The Morgan fingerprint density at radius 1 is 1.19 bits per heavy atom. The molecule has 2 unspecified atom stereocenters. The smallest absolute Gasteiger partial charge is 0.0896 e.